The Balaban J connectivity index is 2.72. The Hall–Kier alpha value is -0.850. The lowest BCUT2D eigenvalue weighted by Gasteiger charge is -2.20. The molecule has 0 unspecified atom stereocenters. The molecule has 0 radical (unpaired) electrons. The molecule has 1 rings (SSSR count). The highest BCUT2D eigenvalue weighted by molar-refractivity contribution is 7.86. The Labute approximate surface area is 84.1 Å². The molecule has 0 bridgehead atoms. The van der Waals surface area contributed by atoms with Gasteiger partial charge in [0.1, 0.15) is 5.76 Å². The van der Waals surface area contributed by atoms with Gasteiger partial charge in [0.25, 0.3) is 10.2 Å². The van der Waals surface area contributed by atoms with E-state index in [9.17, 15) is 8.42 Å². The second-order valence-electron chi connectivity index (χ2n) is 3.13. The van der Waals surface area contributed by atoms with Crippen LogP contribution in [-0.4, -0.2) is 38.2 Å². The molecule has 1 aromatic rings. The molecule has 0 aromatic carbocycles. The summed E-state index contributed by atoms with van der Waals surface area (Å²) < 4.78 is 30.6. The Bertz CT molecular complexity index is 369. The van der Waals surface area contributed by atoms with E-state index in [0.29, 0.717) is 5.76 Å². The van der Waals surface area contributed by atoms with E-state index in [4.69, 9.17) is 4.42 Å². The first-order valence-corrected chi connectivity index (χ1v) is 5.50. The fourth-order valence-corrected chi connectivity index (χ4v) is 1.83. The maximum Gasteiger partial charge on any atom is 0.281 e. The van der Waals surface area contributed by atoms with Crippen molar-refractivity contribution in [3.8, 4) is 0 Å². The van der Waals surface area contributed by atoms with Crippen LogP contribution >= 0.6 is 0 Å². The highest BCUT2D eigenvalue weighted by Crippen LogP contribution is 2.08. The van der Waals surface area contributed by atoms with Crippen LogP contribution in [0.1, 0.15) is 5.76 Å². The van der Waals surface area contributed by atoms with E-state index < -0.39 is 10.2 Å². The van der Waals surface area contributed by atoms with Gasteiger partial charge in [0.15, 0.2) is 0 Å². The normalized spacial score (nSPS) is 12.6. The van der Waals surface area contributed by atoms with E-state index in [1.54, 1.807) is 12.1 Å². The molecule has 0 saturated heterocycles. The number of hydrogen-bond acceptors (Lipinski definition) is 3. The van der Waals surface area contributed by atoms with Crippen LogP contribution in [0.2, 0.25) is 0 Å². The maximum absolute atomic E-state index is 11.6. The quantitative estimate of drug-likeness (QED) is 0.740. The number of rotatable bonds is 4. The lowest BCUT2D eigenvalue weighted by atomic mass is 10.4. The first-order valence-electron chi connectivity index (χ1n) is 4.11. The van der Waals surface area contributed by atoms with Crippen molar-refractivity contribution in [1.29, 1.82) is 0 Å². The van der Waals surface area contributed by atoms with E-state index in [1.807, 2.05) is 0 Å². The standard InChI is InChI=1S/C8H14N2O3S/c1-9(2)14(11,12)10(3)7-8-5-4-6-13-8/h4-6H,7H2,1-3H3. The molecule has 0 N–H and O–H groups in total. The smallest absolute Gasteiger partial charge is 0.281 e. The molecule has 0 saturated carbocycles. The average Bonchev–Trinajstić information content (AvgIpc) is 2.56. The predicted molar refractivity (Wildman–Crippen MR) is 52.8 cm³/mol. The number of nitrogens with zero attached hydrogens (tertiary/aromatic N) is 2. The van der Waals surface area contributed by atoms with Crippen molar-refractivity contribution in [2.75, 3.05) is 21.1 Å². The molecule has 5 nitrogen and oxygen atoms in total. The topological polar surface area (TPSA) is 53.8 Å². The van der Waals surface area contributed by atoms with Crippen molar-refractivity contribution >= 4 is 10.2 Å². The summed E-state index contributed by atoms with van der Waals surface area (Å²) >= 11 is 0. The zero-order valence-electron chi connectivity index (χ0n) is 8.47. The predicted octanol–water partition coefficient (Wildman–Crippen LogP) is 0.518. The minimum absolute atomic E-state index is 0.244. The van der Waals surface area contributed by atoms with Crippen LogP contribution in [0, 0.1) is 0 Å². The van der Waals surface area contributed by atoms with Crippen molar-refractivity contribution in [1.82, 2.24) is 8.61 Å². The third kappa shape index (κ3) is 2.34. The van der Waals surface area contributed by atoms with Crippen molar-refractivity contribution in [3.63, 3.8) is 0 Å². The van der Waals surface area contributed by atoms with Crippen LogP contribution in [0.3, 0.4) is 0 Å². The molecular weight excluding hydrogens is 204 g/mol. The van der Waals surface area contributed by atoms with Crippen LogP contribution in [0.25, 0.3) is 0 Å². The van der Waals surface area contributed by atoms with Crippen LogP contribution in [0.15, 0.2) is 22.8 Å². The molecule has 80 valence electrons. The molecule has 6 heteroatoms. The van der Waals surface area contributed by atoms with Gasteiger partial charge in [-0.25, -0.2) is 0 Å². The zero-order chi connectivity index (χ0) is 10.8. The summed E-state index contributed by atoms with van der Waals surface area (Å²) in [5.74, 6) is 0.623. The number of hydrogen-bond donors (Lipinski definition) is 0. The Kier molecular flexibility index (Phi) is 3.30. The zero-order valence-corrected chi connectivity index (χ0v) is 9.28. The molecule has 0 aliphatic rings. The lowest BCUT2D eigenvalue weighted by molar-refractivity contribution is 0.378. The van der Waals surface area contributed by atoms with Gasteiger partial charge in [-0.15, -0.1) is 0 Å². The van der Waals surface area contributed by atoms with Gasteiger partial charge in [-0.1, -0.05) is 0 Å². The largest absolute Gasteiger partial charge is 0.468 e. The fourth-order valence-electron chi connectivity index (χ4n) is 0.982. The molecule has 1 aromatic heterocycles. The summed E-state index contributed by atoms with van der Waals surface area (Å²) in [5, 5.41) is 0. The Morgan fingerprint density at radius 2 is 2.00 bits per heavy atom. The summed E-state index contributed by atoms with van der Waals surface area (Å²) in [6, 6.07) is 3.47. The van der Waals surface area contributed by atoms with Crippen LogP contribution in [-0.2, 0) is 16.8 Å². The van der Waals surface area contributed by atoms with Crippen molar-refractivity contribution < 1.29 is 12.8 Å². The SMILES string of the molecule is CN(C)S(=O)(=O)N(C)Cc1ccco1. The first-order chi connectivity index (χ1) is 6.44. The van der Waals surface area contributed by atoms with Gasteiger partial charge in [0.2, 0.25) is 0 Å². The minimum atomic E-state index is -3.35. The minimum Gasteiger partial charge on any atom is -0.468 e. The molecule has 0 aliphatic heterocycles. The Morgan fingerprint density at radius 1 is 1.36 bits per heavy atom. The molecule has 14 heavy (non-hydrogen) atoms. The van der Waals surface area contributed by atoms with Gasteiger partial charge in [-0.3, -0.25) is 0 Å². The van der Waals surface area contributed by atoms with Crippen molar-refractivity contribution in [2.45, 2.75) is 6.54 Å². The van der Waals surface area contributed by atoms with Gasteiger partial charge < -0.3 is 4.42 Å². The summed E-state index contributed by atoms with van der Waals surface area (Å²) in [5.41, 5.74) is 0. The van der Waals surface area contributed by atoms with Crippen LogP contribution in [0.4, 0.5) is 0 Å². The molecular formula is C8H14N2O3S. The molecule has 0 fully saturated rings. The van der Waals surface area contributed by atoms with E-state index in [-0.39, 0.29) is 6.54 Å². The lowest BCUT2D eigenvalue weighted by Crippen LogP contribution is -2.36. The highest BCUT2D eigenvalue weighted by Gasteiger charge is 2.20. The Morgan fingerprint density at radius 3 is 2.43 bits per heavy atom. The van der Waals surface area contributed by atoms with Gasteiger partial charge in [-0.05, 0) is 12.1 Å². The van der Waals surface area contributed by atoms with Crippen LogP contribution < -0.4 is 0 Å². The third-order valence-corrected chi connectivity index (χ3v) is 3.65. The fraction of sp³-hybridized carbons (Fsp3) is 0.500. The molecule has 0 amide bonds. The molecule has 0 aliphatic carbocycles. The molecule has 0 spiro atoms. The van der Waals surface area contributed by atoms with Crippen molar-refractivity contribution in [2.24, 2.45) is 0 Å². The van der Waals surface area contributed by atoms with Gasteiger partial charge in [0, 0.05) is 21.1 Å². The van der Waals surface area contributed by atoms with E-state index in [1.165, 1.54) is 31.7 Å². The second-order valence-corrected chi connectivity index (χ2v) is 5.37. The molecule has 1 heterocycles. The summed E-state index contributed by atoms with van der Waals surface area (Å²) in [7, 11) is 1.15. The monoisotopic (exact) mass is 218 g/mol. The highest BCUT2D eigenvalue weighted by atomic mass is 32.2. The second kappa shape index (κ2) is 4.12. The maximum atomic E-state index is 11.6. The number of furan rings is 1. The summed E-state index contributed by atoms with van der Waals surface area (Å²) in [4.78, 5) is 0. The van der Waals surface area contributed by atoms with Gasteiger partial charge in [-0.2, -0.15) is 17.0 Å². The van der Waals surface area contributed by atoms with E-state index in [0.717, 1.165) is 4.31 Å². The van der Waals surface area contributed by atoms with E-state index >= 15 is 0 Å². The molecule has 0 atom stereocenters. The van der Waals surface area contributed by atoms with E-state index in [2.05, 4.69) is 0 Å². The van der Waals surface area contributed by atoms with Crippen LogP contribution in [0.5, 0.6) is 0 Å². The van der Waals surface area contributed by atoms with Crippen molar-refractivity contribution in [3.05, 3.63) is 24.2 Å². The summed E-state index contributed by atoms with van der Waals surface area (Å²) in [6.07, 6.45) is 1.52. The summed E-state index contributed by atoms with van der Waals surface area (Å²) in [6.45, 7) is 0.244. The first kappa shape index (κ1) is 11.2. The average molecular weight is 218 g/mol. The van der Waals surface area contributed by atoms with Gasteiger partial charge >= 0.3 is 0 Å². The van der Waals surface area contributed by atoms with Gasteiger partial charge in [0.05, 0.1) is 12.8 Å². The third-order valence-electron chi connectivity index (χ3n) is 1.81.